The lowest BCUT2D eigenvalue weighted by atomic mass is 10.2. The molecule has 0 aromatic carbocycles. The van der Waals surface area contributed by atoms with Crippen molar-refractivity contribution in [3.05, 3.63) is 24.9 Å². The van der Waals surface area contributed by atoms with E-state index in [1.54, 1.807) is 6.20 Å². The Morgan fingerprint density at radius 1 is 1.53 bits per heavy atom. The quantitative estimate of drug-likeness (QED) is 0.403. The maximum Gasteiger partial charge on any atom is 0.184 e. The van der Waals surface area contributed by atoms with Crippen molar-refractivity contribution in [2.75, 3.05) is 13.2 Å². The van der Waals surface area contributed by atoms with Crippen LogP contribution in [0, 0.1) is 0 Å². The van der Waals surface area contributed by atoms with Gasteiger partial charge in [0.05, 0.1) is 6.10 Å². The fourth-order valence-electron chi connectivity index (χ4n) is 1.81. The highest BCUT2D eigenvalue weighted by Crippen LogP contribution is 2.17. The van der Waals surface area contributed by atoms with Crippen LogP contribution in [0.5, 0.6) is 0 Å². The molecule has 0 saturated carbocycles. The number of nitrogens with zero attached hydrogens (tertiary/aromatic N) is 1. The van der Waals surface area contributed by atoms with E-state index in [4.69, 9.17) is 14.2 Å². The predicted octanol–water partition coefficient (Wildman–Crippen LogP) is 3.44. The second kappa shape index (κ2) is 9.75. The molecule has 0 radical (unpaired) electrons. The van der Waals surface area contributed by atoms with Crippen molar-refractivity contribution in [1.29, 1.82) is 0 Å². The Morgan fingerprint density at radius 2 is 2.37 bits per heavy atom. The molecule has 2 unspecified atom stereocenters. The van der Waals surface area contributed by atoms with Crippen molar-refractivity contribution in [2.24, 2.45) is 4.99 Å². The molecule has 0 N–H and O–H groups in total. The molecule has 0 amide bonds. The molecule has 4 nitrogen and oxygen atoms in total. The van der Waals surface area contributed by atoms with Crippen molar-refractivity contribution in [3.8, 4) is 0 Å². The summed E-state index contributed by atoms with van der Waals surface area (Å²) in [5, 5.41) is 0. The Balaban J connectivity index is 2.36. The predicted molar refractivity (Wildman–Crippen MR) is 77.2 cm³/mol. The van der Waals surface area contributed by atoms with Gasteiger partial charge >= 0.3 is 0 Å². The first-order valence-electron chi connectivity index (χ1n) is 6.92. The molecular weight excluding hydrogens is 242 g/mol. The summed E-state index contributed by atoms with van der Waals surface area (Å²) in [5.74, 6) is 0.639. The van der Waals surface area contributed by atoms with Crippen molar-refractivity contribution in [3.63, 3.8) is 0 Å². The maximum atomic E-state index is 5.90. The Kier molecular flexibility index (Phi) is 8.18. The first-order chi connectivity index (χ1) is 9.26. The fourth-order valence-corrected chi connectivity index (χ4v) is 1.81. The monoisotopic (exact) mass is 267 g/mol. The standard InChI is InChI=1S/C15H25NO3/c1-4-8-14(12-18-13(3)16-10-5-2)19-15-9-6-7-11-17-15/h4-5,10,14-15H,1,6-9,11-12H2,2-3H3/b10-5-,16-13+. The highest BCUT2D eigenvalue weighted by atomic mass is 16.7. The second-order valence-electron chi connectivity index (χ2n) is 4.52. The molecule has 0 aliphatic carbocycles. The fraction of sp³-hybridized carbons (Fsp3) is 0.667. The van der Waals surface area contributed by atoms with Gasteiger partial charge < -0.3 is 14.2 Å². The van der Waals surface area contributed by atoms with E-state index in [-0.39, 0.29) is 12.4 Å². The Hall–Kier alpha value is -1.13. The van der Waals surface area contributed by atoms with E-state index in [1.807, 2.05) is 26.0 Å². The van der Waals surface area contributed by atoms with Gasteiger partial charge in [0.2, 0.25) is 0 Å². The van der Waals surface area contributed by atoms with Crippen LogP contribution in [-0.4, -0.2) is 31.5 Å². The zero-order valence-electron chi connectivity index (χ0n) is 12.0. The van der Waals surface area contributed by atoms with Gasteiger partial charge in [-0.05, 0) is 32.6 Å². The minimum atomic E-state index is -0.102. The summed E-state index contributed by atoms with van der Waals surface area (Å²) < 4.78 is 17.0. The molecule has 0 bridgehead atoms. The molecule has 1 heterocycles. The molecular formula is C15H25NO3. The van der Waals surface area contributed by atoms with E-state index in [2.05, 4.69) is 11.6 Å². The van der Waals surface area contributed by atoms with E-state index in [0.717, 1.165) is 32.3 Å². The lowest BCUT2D eigenvalue weighted by molar-refractivity contribution is -0.192. The number of ether oxygens (including phenoxy) is 3. The third-order valence-corrected chi connectivity index (χ3v) is 2.80. The Labute approximate surface area is 116 Å². The van der Waals surface area contributed by atoms with Gasteiger partial charge in [-0.25, -0.2) is 4.99 Å². The molecule has 1 aliphatic heterocycles. The van der Waals surface area contributed by atoms with Gasteiger partial charge in [0.25, 0.3) is 0 Å². The minimum absolute atomic E-state index is 0.0312. The SMILES string of the molecule is C=CCC(CO/C(C)=N/C=C\C)OC1CCCCO1. The first kappa shape index (κ1) is 15.9. The molecule has 4 heteroatoms. The van der Waals surface area contributed by atoms with Crippen LogP contribution in [0.4, 0.5) is 0 Å². The summed E-state index contributed by atoms with van der Waals surface area (Å²) in [4.78, 5) is 4.12. The van der Waals surface area contributed by atoms with Crippen LogP contribution in [-0.2, 0) is 14.2 Å². The zero-order valence-corrected chi connectivity index (χ0v) is 12.0. The summed E-state index contributed by atoms with van der Waals surface area (Å²) >= 11 is 0. The normalized spacial score (nSPS) is 22.4. The lowest BCUT2D eigenvalue weighted by Gasteiger charge is -2.27. The largest absolute Gasteiger partial charge is 0.478 e. The molecule has 0 spiro atoms. The van der Waals surface area contributed by atoms with Crippen molar-refractivity contribution >= 4 is 5.90 Å². The van der Waals surface area contributed by atoms with Gasteiger partial charge in [0.15, 0.2) is 12.2 Å². The highest BCUT2D eigenvalue weighted by Gasteiger charge is 2.19. The van der Waals surface area contributed by atoms with E-state index < -0.39 is 0 Å². The number of aliphatic imine (C=N–C) groups is 1. The zero-order chi connectivity index (χ0) is 13.9. The van der Waals surface area contributed by atoms with Gasteiger partial charge in [0, 0.05) is 19.7 Å². The smallest absolute Gasteiger partial charge is 0.184 e. The lowest BCUT2D eigenvalue weighted by Crippen LogP contribution is -2.30. The van der Waals surface area contributed by atoms with Crippen molar-refractivity contribution in [1.82, 2.24) is 0 Å². The topological polar surface area (TPSA) is 40.0 Å². The van der Waals surface area contributed by atoms with Crippen LogP contribution in [0.2, 0.25) is 0 Å². The summed E-state index contributed by atoms with van der Waals surface area (Å²) in [6.45, 7) is 8.76. The van der Waals surface area contributed by atoms with Crippen LogP contribution in [0.15, 0.2) is 29.9 Å². The van der Waals surface area contributed by atoms with Gasteiger partial charge in [-0.2, -0.15) is 0 Å². The van der Waals surface area contributed by atoms with Crippen LogP contribution < -0.4 is 0 Å². The van der Waals surface area contributed by atoms with Crippen LogP contribution in [0.1, 0.15) is 39.5 Å². The Bertz CT molecular complexity index is 307. The first-order valence-corrected chi connectivity index (χ1v) is 6.92. The van der Waals surface area contributed by atoms with Gasteiger partial charge in [-0.1, -0.05) is 12.2 Å². The van der Waals surface area contributed by atoms with Gasteiger partial charge in [0.1, 0.15) is 6.61 Å². The number of allylic oxidation sites excluding steroid dienone is 1. The van der Waals surface area contributed by atoms with E-state index in [9.17, 15) is 0 Å². The minimum Gasteiger partial charge on any atom is -0.478 e. The number of hydrogen-bond donors (Lipinski definition) is 0. The van der Waals surface area contributed by atoms with E-state index in [1.165, 1.54) is 0 Å². The van der Waals surface area contributed by atoms with Crippen molar-refractivity contribution in [2.45, 2.75) is 51.9 Å². The van der Waals surface area contributed by atoms with E-state index >= 15 is 0 Å². The number of rotatable bonds is 7. The van der Waals surface area contributed by atoms with E-state index in [0.29, 0.717) is 12.5 Å². The van der Waals surface area contributed by atoms with Crippen LogP contribution >= 0.6 is 0 Å². The molecule has 1 fully saturated rings. The summed E-state index contributed by atoms with van der Waals surface area (Å²) in [5.41, 5.74) is 0. The molecule has 1 saturated heterocycles. The average molecular weight is 267 g/mol. The molecule has 108 valence electrons. The summed E-state index contributed by atoms with van der Waals surface area (Å²) in [6, 6.07) is 0. The second-order valence-corrected chi connectivity index (χ2v) is 4.52. The Morgan fingerprint density at radius 3 is 3.00 bits per heavy atom. The summed E-state index contributed by atoms with van der Waals surface area (Å²) in [7, 11) is 0. The summed E-state index contributed by atoms with van der Waals surface area (Å²) in [6.07, 6.45) is 9.27. The molecule has 19 heavy (non-hydrogen) atoms. The molecule has 2 atom stereocenters. The molecule has 0 aromatic heterocycles. The third kappa shape index (κ3) is 7.13. The number of hydrogen-bond acceptors (Lipinski definition) is 4. The molecule has 1 rings (SSSR count). The maximum absolute atomic E-state index is 5.90. The average Bonchev–Trinajstić information content (AvgIpc) is 2.44. The van der Waals surface area contributed by atoms with Crippen LogP contribution in [0.25, 0.3) is 0 Å². The molecule has 0 aromatic rings. The van der Waals surface area contributed by atoms with Gasteiger partial charge in [-0.15, -0.1) is 6.58 Å². The van der Waals surface area contributed by atoms with Gasteiger partial charge in [-0.3, -0.25) is 0 Å². The van der Waals surface area contributed by atoms with Crippen LogP contribution in [0.3, 0.4) is 0 Å². The van der Waals surface area contributed by atoms with Crippen molar-refractivity contribution < 1.29 is 14.2 Å². The highest BCUT2D eigenvalue weighted by molar-refractivity contribution is 5.73. The third-order valence-electron chi connectivity index (χ3n) is 2.80. The molecule has 1 aliphatic rings.